The Morgan fingerprint density at radius 3 is 2.49 bits per heavy atom. The van der Waals surface area contributed by atoms with E-state index >= 15 is 0 Å². The number of ether oxygens (including phenoxy) is 1. The Kier molecular flexibility index (Phi) is 9.14. The van der Waals surface area contributed by atoms with E-state index < -0.39 is 17.7 Å². The van der Waals surface area contributed by atoms with E-state index in [2.05, 4.69) is 22.3 Å². The first kappa shape index (κ1) is 27.0. The van der Waals surface area contributed by atoms with Gasteiger partial charge >= 0.3 is 6.09 Å². The number of unbranched alkanes of at least 4 members (excludes halogenated alkanes) is 2. The van der Waals surface area contributed by atoms with Gasteiger partial charge in [0.05, 0.1) is 6.04 Å². The molecule has 37 heavy (non-hydrogen) atoms. The van der Waals surface area contributed by atoms with Gasteiger partial charge in [-0.2, -0.15) is 0 Å². The van der Waals surface area contributed by atoms with Gasteiger partial charge in [-0.25, -0.2) is 13.6 Å². The topological polar surface area (TPSA) is 61.9 Å². The third-order valence-corrected chi connectivity index (χ3v) is 7.41. The summed E-state index contributed by atoms with van der Waals surface area (Å²) in [6.07, 6.45) is 4.64. The average molecular weight is 514 g/mol. The highest BCUT2D eigenvalue weighted by molar-refractivity contribution is 5.92. The Morgan fingerprint density at radius 2 is 1.76 bits per heavy atom. The van der Waals surface area contributed by atoms with Gasteiger partial charge in [0.1, 0.15) is 6.61 Å². The lowest BCUT2D eigenvalue weighted by Gasteiger charge is -2.32. The minimum absolute atomic E-state index is 0.0356. The van der Waals surface area contributed by atoms with Crippen molar-refractivity contribution in [2.45, 2.75) is 57.9 Å². The molecule has 0 aliphatic carbocycles. The molecule has 0 radical (unpaired) electrons. The van der Waals surface area contributed by atoms with Crippen LogP contribution in [0.15, 0.2) is 42.5 Å². The third-order valence-electron chi connectivity index (χ3n) is 7.41. The second-order valence-corrected chi connectivity index (χ2v) is 10.4. The van der Waals surface area contributed by atoms with Crippen molar-refractivity contribution in [1.29, 1.82) is 0 Å². The largest absolute Gasteiger partial charge is 0.447 e. The highest BCUT2D eigenvalue weighted by atomic mass is 19.2. The normalized spacial score (nSPS) is 18.9. The number of hydrogen-bond donors (Lipinski definition) is 1. The monoisotopic (exact) mass is 513 g/mol. The molecule has 0 aromatic heterocycles. The number of hydrogen-bond acceptors (Lipinski definition) is 4. The highest BCUT2D eigenvalue weighted by Gasteiger charge is 2.34. The van der Waals surface area contributed by atoms with Gasteiger partial charge < -0.3 is 15.0 Å². The minimum atomic E-state index is -0.911. The lowest BCUT2D eigenvalue weighted by molar-refractivity contribution is -0.118. The zero-order valence-electron chi connectivity index (χ0n) is 21.7. The molecular formula is C29H37F2N3O3. The molecule has 2 aromatic carbocycles. The van der Waals surface area contributed by atoms with E-state index in [-0.39, 0.29) is 24.5 Å². The quantitative estimate of drug-likeness (QED) is 0.390. The fourth-order valence-electron chi connectivity index (χ4n) is 5.13. The first-order valence-electron chi connectivity index (χ1n) is 13.3. The van der Waals surface area contributed by atoms with Gasteiger partial charge in [0.15, 0.2) is 11.6 Å². The van der Waals surface area contributed by atoms with Gasteiger partial charge in [-0.15, -0.1) is 0 Å². The number of carbonyl (C=O) groups excluding carboxylic acids is 2. The summed E-state index contributed by atoms with van der Waals surface area (Å²) in [4.78, 5) is 28.3. The summed E-state index contributed by atoms with van der Waals surface area (Å²) in [7, 11) is 0. The summed E-state index contributed by atoms with van der Waals surface area (Å²) < 4.78 is 32.1. The van der Waals surface area contributed by atoms with Crippen molar-refractivity contribution in [2.75, 3.05) is 38.1 Å². The molecule has 1 atom stereocenters. The summed E-state index contributed by atoms with van der Waals surface area (Å²) in [6.45, 7) is 7.59. The molecule has 8 heteroatoms. The van der Waals surface area contributed by atoms with Crippen LogP contribution >= 0.6 is 0 Å². The number of halogens is 2. The zero-order valence-corrected chi connectivity index (χ0v) is 21.7. The van der Waals surface area contributed by atoms with Crippen LogP contribution in [0.1, 0.15) is 69.0 Å². The van der Waals surface area contributed by atoms with Crippen LogP contribution in [0.2, 0.25) is 0 Å². The summed E-state index contributed by atoms with van der Waals surface area (Å²) in [5, 5.41) is 3.00. The maximum atomic E-state index is 13.7. The zero-order chi connectivity index (χ0) is 26.4. The van der Waals surface area contributed by atoms with Gasteiger partial charge in [-0.1, -0.05) is 38.5 Å². The Balaban J connectivity index is 1.17. The number of carbonyl (C=O) groups is 2. The first-order valence-corrected chi connectivity index (χ1v) is 13.3. The SMILES string of the molecule is CC(C)C(=O)Nc1cccc(C2CCN(CCCCCN3C(=O)OCC3c3ccc(F)c(F)c3)CC2)c1. The molecule has 1 unspecified atom stereocenters. The van der Waals surface area contributed by atoms with Crippen LogP contribution in [0.25, 0.3) is 0 Å². The molecule has 0 spiro atoms. The number of cyclic esters (lactones) is 1. The second-order valence-electron chi connectivity index (χ2n) is 10.4. The van der Waals surface area contributed by atoms with Crippen molar-refractivity contribution in [3.05, 3.63) is 65.2 Å². The molecule has 2 amide bonds. The molecule has 1 N–H and O–H groups in total. The Hall–Kier alpha value is -3.00. The molecule has 200 valence electrons. The summed E-state index contributed by atoms with van der Waals surface area (Å²) in [5.41, 5.74) is 2.71. The Bertz CT molecular complexity index is 1090. The van der Waals surface area contributed by atoms with Crippen molar-refractivity contribution in [3.63, 3.8) is 0 Å². The second kappa shape index (κ2) is 12.5. The third kappa shape index (κ3) is 7.06. The molecular weight excluding hydrogens is 476 g/mol. The predicted octanol–water partition coefficient (Wildman–Crippen LogP) is 6.10. The van der Waals surface area contributed by atoms with E-state index in [1.165, 1.54) is 11.6 Å². The summed E-state index contributed by atoms with van der Waals surface area (Å²) in [6, 6.07) is 11.6. The molecule has 0 saturated carbocycles. The van der Waals surface area contributed by atoms with Crippen molar-refractivity contribution in [1.82, 2.24) is 9.80 Å². The number of benzene rings is 2. The van der Waals surface area contributed by atoms with Gasteiger partial charge in [0.25, 0.3) is 0 Å². The number of amides is 2. The first-order chi connectivity index (χ1) is 17.8. The van der Waals surface area contributed by atoms with E-state index in [0.29, 0.717) is 18.0 Å². The van der Waals surface area contributed by atoms with Gasteiger partial charge in [-0.3, -0.25) is 9.69 Å². The van der Waals surface area contributed by atoms with Crippen molar-refractivity contribution in [2.24, 2.45) is 5.92 Å². The van der Waals surface area contributed by atoms with Crippen LogP contribution in [0.5, 0.6) is 0 Å². The van der Waals surface area contributed by atoms with Crippen LogP contribution in [0, 0.1) is 17.6 Å². The van der Waals surface area contributed by atoms with Crippen molar-refractivity contribution in [3.8, 4) is 0 Å². The summed E-state index contributed by atoms with van der Waals surface area (Å²) in [5.74, 6) is -1.31. The standard InChI is InChI=1S/C29H37F2N3O3/c1-20(2)28(35)32-24-8-6-7-22(17-24)21-11-15-33(16-12-21)13-4-3-5-14-34-27(19-37-29(34)36)23-9-10-25(30)26(31)18-23/h6-10,17-18,20-21,27H,3-5,11-16,19H2,1-2H3,(H,32,35). The van der Waals surface area contributed by atoms with Crippen LogP contribution in [0.3, 0.4) is 0 Å². The summed E-state index contributed by atoms with van der Waals surface area (Å²) >= 11 is 0. The molecule has 2 fully saturated rings. The van der Waals surface area contributed by atoms with Crippen LogP contribution in [0.4, 0.5) is 19.3 Å². The fraction of sp³-hybridized carbons (Fsp3) is 0.517. The molecule has 2 heterocycles. The van der Waals surface area contributed by atoms with Crippen LogP contribution < -0.4 is 5.32 Å². The highest BCUT2D eigenvalue weighted by Crippen LogP contribution is 2.31. The average Bonchev–Trinajstić information content (AvgIpc) is 3.26. The number of anilines is 1. The minimum Gasteiger partial charge on any atom is -0.447 e. The molecule has 2 aliphatic heterocycles. The lowest BCUT2D eigenvalue weighted by atomic mass is 9.89. The fourth-order valence-corrected chi connectivity index (χ4v) is 5.13. The maximum absolute atomic E-state index is 13.7. The predicted molar refractivity (Wildman–Crippen MR) is 139 cm³/mol. The molecule has 6 nitrogen and oxygen atoms in total. The number of piperidine rings is 1. The van der Waals surface area contributed by atoms with Crippen LogP contribution in [-0.2, 0) is 9.53 Å². The molecule has 2 aromatic rings. The Labute approximate surface area is 218 Å². The number of likely N-dealkylation sites (tertiary alicyclic amines) is 1. The Morgan fingerprint density at radius 1 is 1.00 bits per heavy atom. The number of rotatable bonds is 10. The van der Waals surface area contributed by atoms with Crippen molar-refractivity contribution < 1.29 is 23.1 Å². The molecule has 4 rings (SSSR count). The molecule has 0 bridgehead atoms. The molecule has 2 aliphatic rings. The maximum Gasteiger partial charge on any atom is 0.410 e. The lowest BCUT2D eigenvalue weighted by Crippen LogP contribution is -2.34. The van der Waals surface area contributed by atoms with Crippen molar-refractivity contribution >= 4 is 17.7 Å². The molecule has 2 saturated heterocycles. The van der Waals surface area contributed by atoms with E-state index in [9.17, 15) is 18.4 Å². The number of nitrogens with zero attached hydrogens (tertiary/aromatic N) is 2. The van der Waals surface area contributed by atoms with E-state index in [1.54, 1.807) is 4.90 Å². The van der Waals surface area contributed by atoms with Gasteiger partial charge in [0, 0.05) is 18.2 Å². The van der Waals surface area contributed by atoms with Gasteiger partial charge in [-0.05, 0) is 86.6 Å². The van der Waals surface area contributed by atoms with Crippen LogP contribution in [-0.4, -0.2) is 54.6 Å². The van der Waals surface area contributed by atoms with E-state index in [4.69, 9.17) is 4.74 Å². The van der Waals surface area contributed by atoms with E-state index in [0.717, 1.165) is 69.6 Å². The number of nitrogens with one attached hydrogen (secondary N) is 1. The van der Waals surface area contributed by atoms with Gasteiger partial charge in [0.2, 0.25) is 5.91 Å². The van der Waals surface area contributed by atoms with E-state index in [1.807, 2.05) is 26.0 Å². The smallest absolute Gasteiger partial charge is 0.410 e.